The Morgan fingerprint density at radius 1 is 0.617 bits per heavy atom. The number of nitrogens with zero attached hydrogens (tertiary/aromatic N) is 10. The van der Waals surface area contributed by atoms with Gasteiger partial charge in [0.25, 0.3) is 11.8 Å². The standard InChI is InChI=1S/C20H23N5O5.C20H23N5O4.CH4/c1-14-18(20(27)29-3)23-17(30-14)8-11-24(12-13-28-2)19(26)15-6-4-5-7-16(15)25-21-9-10-22-25;1-4-12-24(13-9-17-23-18(14(2)29-17)20(27)28-3)19(26)15-7-5-6-8-16(15)25-21-10-11-22-25;/h4-7,9-10H,8,11-13H2,1-3H3;5-8,10-11H,4,9,12-13H2,1-3H3;1H4. The van der Waals surface area contributed by atoms with Crippen molar-refractivity contribution in [3.05, 3.63) is 119 Å². The van der Waals surface area contributed by atoms with Crippen molar-refractivity contribution in [2.75, 3.05) is 54.1 Å². The summed E-state index contributed by atoms with van der Waals surface area (Å²) < 4.78 is 25.7. The van der Waals surface area contributed by atoms with Gasteiger partial charge >= 0.3 is 11.9 Å². The fourth-order valence-corrected chi connectivity index (χ4v) is 5.93. The van der Waals surface area contributed by atoms with Crippen LogP contribution in [-0.2, 0) is 27.1 Å². The molecule has 4 heterocycles. The van der Waals surface area contributed by atoms with Crippen LogP contribution < -0.4 is 0 Å². The van der Waals surface area contributed by atoms with E-state index in [4.69, 9.17) is 23.0 Å². The fourth-order valence-electron chi connectivity index (χ4n) is 5.93. The second kappa shape index (κ2) is 22.2. The summed E-state index contributed by atoms with van der Waals surface area (Å²) in [5, 5.41) is 16.5. The molecule has 0 atom stereocenters. The zero-order valence-electron chi connectivity index (χ0n) is 33.7. The molecule has 0 saturated heterocycles. The quantitative estimate of drug-likeness (QED) is 0.113. The Morgan fingerprint density at radius 2 is 1.02 bits per heavy atom. The third kappa shape index (κ3) is 11.3. The number of aromatic nitrogens is 8. The number of oxazole rings is 2. The zero-order valence-corrected chi connectivity index (χ0v) is 33.7. The summed E-state index contributed by atoms with van der Waals surface area (Å²) in [5.41, 5.74) is 2.46. The predicted octanol–water partition coefficient (Wildman–Crippen LogP) is 4.76. The molecule has 6 rings (SSSR count). The van der Waals surface area contributed by atoms with Crippen molar-refractivity contribution in [3.8, 4) is 11.4 Å². The summed E-state index contributed by atoms with van der Waals surface area (Å²) in [7, 11) is 4.15. The highest BCUT2D eigenvalue weighted by Gasteiger charge is 2.24. The van der Waals surface area contributed by atoms with Crippen molar-refractivity contribution < 1.29 is 42.2 Å². The largest absolute Gasteiger partial charge is 0.464 e. The lowest BCUT2D eigenvalue weighted by Crippen LogP contribution is -2.36. The molecule has 2 amide bonds. The molecule has 4 aromatic heterocycles. The van der Waals surface area contributed by atoms with Crippen LogP contribution in [0.5, 0.6) is 0 Å². The minimum atomic E-state index is -0.560. The topological polar surface area (TPSA) is 216 Å². The molecular formula is C41H50N10O9. The molecule has 0 aliphatic rings. The van der Waals surface area contributed by atoms with Gasteiger partial charge in [0.15, 0.2) is 23.2 Å². The lowest BCUT2D eigenvalue weighted by atomic mass is 10.1. The van der Waals surface area contributed by atoms with Crippen molar-refractivity contribution >= 4 is 23.8 Å². The normalized spacial score (nSPS) is 10.6. The predicted molar refractivity (Wildman–Crippen MR) is 216 cm³/mol. The van der Waals surface area contributed by atoms with Crippen molar-refractivity contribution in [3.63, 3.8) is 0 Å². The molecule has 0 saturated carbocycles. The molecule has 2 aromatic carbocycles. The number of esters is 2. The molecule has 60 heavy (non-hydrogen) atoms. The lowest BCUT2D eigenvalue weighted by molar-refractivity contribution is 0.0583. The lowest BCUT2D eigenvalue weighted by Gasteiger charge is -2.23. The molecule has 0 spiro atoms. The first-order valence-electron chi connectivity index (χ1n) is 18.7. The van der Waals surface area contributed by atoms with Crippen LogP contribution in [0, 0.1) is 13.8 Å². The monoisotopic (exact) mass is 826 g/mol. The Balaban J connectivity index is 0.000000260. The van der Waals surface area contributed by atoms with Crippen LogP contribution in [0.2, 0.25) is 0 Å². The van der Waals surface area contributed by atoms with Crippen LogP contribution in [0.1, 0.15) is 85.8 Å². The first-order chi connectivity index (χ1) is 28.6. The minimum Gasteiger partial charge on any atom is -0.464 e. The van der Waals surface area contributed by atoms with Gasteiger partial charge in [-0.1, -0.05) is 38.6 Å². The van der Waals surface area contributed by atoms with Gasteiger partial charge in [0.1, 0.15) is 11.5 Å². The zero-order chi connectivity index (χ0) is 42.3. The van der Waals surface area contributed by atoms with E-state index < -0.39 is 11.9 Å². The highest BCUT2D eigenvalue weighted by molar-refractivity contribution is 5.98. The molecule has 318 valence electrons. The van der Waals surface area contributed by atoms with Crippen LogP contribution in [0.25, 0.3) is 11.4 Å². The fraction of sp³-hybridized carbons (Fsp3) is 0.366. The number of benzene rings is 2. The van der Waals surface area contributed by atoms with E-state index in [1.807, 2.05) is 25.1 Å². The Kier molecular flexibility index (Phi) is 16.9. The summed E-state index contributed by atoms with van der Waals surface area (Å²) in [6, 6.07) is 14.3. The third-order valence-electron chi connectivity index (χ3n) is 8.80. The van der Waals surface area contributed by atoms with Gasteiger partial charge in [-0.2, -0.15) is 30.0 Å². The Labute approximate surface area is 347 Å². The minimum absolute atomic E-state index is 0. The van der Waals surface area contributed by atoms with E-state index in [9.17, 15) is 19.2 Å². The van der Waals surface area contributed by atoms with E-state index in [0.717, 1.165) is 6.42 Å². The van der Waals surface area contributed by atoms with E-state index >= 15 is 0 Å². The second-order valence-corrected chi connectivity index (χ2v) is 12.8. The summed E-state index contributed by atoms with van der Waals surface area (Å²) in [6.45, 7) is 7.34. The molecule has 0 aliphatic carbocycles. The van der Waals surface area contributed by atoms with Crippen molar-refractivity contribution in [2.45, 2.75) is 47.5 Å². The van der Waals surface area contributed by atoms with Crippen molar-refractivity contribution in [2.24, 2.45) is 0 Å². The van der Waals surface area contributed by atoms with Crippen LogP contribution in [0.4, 0.5) is 0 Å². The number of carbonyl (C=O) groups excluding carboxylic acids is 4. The second-order valence-electron chi connectivity index (χ2n) is 12.8. The van der Waals surface area contributed by atoms with Crippen molar-refractivity contribution in [1.29, 1.82) is 0 Å². The Morgan fingerprint density at radius 3 is 1.40 bits per heavy atom. The van der Waals surface area contributed by atoms with Crippen LogP contribution in [0.15, 0.2) is 82.2 Å². The molecular weight excluding hydrogens is 777 g/mol. The van der Waals surface area contributed by atoms with Gasteiger partial charge in [0.05, 0.1) is 68.1 Å². The molecule has 6 aromatic rings. The van der Waals surface area contributed by atoms with Gasteiger partial charge in [-0.25, -0.2) is 19.6 Å². The number of para-hydroxylation sites is 2. The summed E-state index contributed by atoms with van der Waals surface area (Å²) >= 11 is 0. The number of aryl methyl sites for hydroxylation is 2. The van der Waals surface area contributed by atoms with Crippen LogP contribution >= 0.6 is 0 Å². The van der Waals surface area contributed by atoms with Gasteiger partial charge in [-0.3, -0.25) is 9.59 Å². The summed E-state index contributed by atoms with van der Waals surface area (Å²) in [5.74, 6) is 0.0868. The number of methoxy groups -OCH3 is 3. The van der Waals surface area contributed by atoms with Gasteiger partial charge in [-0.05, 0) is 44.5 Å². The summed E-state index contributed by atoms with van der Waals surface area (Å²) in [4.78, 5) is 64.6. The Hall–Kier alpha value is -7.02. The maximum absolute atomic E-state index is 13.3. The average Bonchev–Trinajstić information content (AvgIpc) is 4.11. The van der Waals surface area contributed by atoms with Crippen molar-refractivity contribution in [1.82, 2.24) is 49.8 Å². The maximum Gasteiger partial charge on any atom is 0.360 e. The molecule has 0 radical (unpaired) electrons. The van der Waals surface area contributed by atoms with Gasteiger partial charge in [-0.15, -0.1) is 0 Å². The van der Waals surface area contributed by atoms with Gasteiger partial charge in [0, 0.05) is 46.1 Å². The molecule has 0 bridgehead atoms. The Bertz CT molecular complexity index is 2300. The molecule has 0 fully saturated rings. The number of hydrogen-bond donors (Lipinski definition) is 0. The first-order valence-corrected chi connectivity index (χ1v) is 18.7. The van der Waals surface area contributed by atoms with Gasteiger partial charge in [0.2, 0.25) is 0 Å². The molecule has 0 unspecified atom stereocenters. The maximum atomic E-state index is 13.3. The van der Waals surface area contributed by atoms with E-state index in [1.165, 1.54) is 23.8 Å². The molecule has 19 heteroatoms. The average molecular weight is 827 g/mol. The highest BCUT2D eigenvalue weighted by Crippen LogP contribution is 2.19. The van der Waals surface area contributed by atoms with Crippen LogP contribution in [0.3, 0.4) is 0 Å². The third-order valence-corrected chi connectivity index (χ3v) is 8.80. The number of amides is 2. The van der Waals surface area contributed by atoms with Crippen LogP contribution in [-0.4, -0.2) is 128 Å². The SMILES string of the molecule is C.CCCN(CCc1nc(C(=O)OC)c(C)o1)C(=O)c1ccccc1-n1nccn1.COCCN(CCc1nc(C(=O)OC)c(C)o1)C(=O)c1ccccc1-n1nccn1. The molecule has 19 nitrogen and oxygen atoms in total. The van der Waals surface area contributed by atoms with E-state index in [0.29, 0.717) is 91.4 Å². The van der Waals surface area contributed by atoms with E-state index in [2.05, 4.69) is 30.4 Å². The number of carbonyl (C=O) groups is 4. The number of rotatable bonds is 17. The van der Waals surface area contributed by atoms with E-state index in [1.54, 1.807) is 85.9 Å². The smallest absolute Gasteiger partial charge is 0.360 e. The molecule has 0 aliphatic heterocycles. The number of hydrogen-bond acceptors (Lipinski definition) is 15. The number of ether oxygens (including phenoxy) is 3. The summed E-state index contributed by atoms with van der Waals surface area (Å²) in [6.07, 6.45) is 7.73. The first kappa shape index (κ1) is 45.7. The van der Waals surface area contributed by atoms with E-state index in [-0.39, 0.29) is 30.6 Å². The van der Waals surface area contributed by atoms with Gasteiger partial charge < -0.3 is 32.8 Å². The highest BCUT2D eigenvalue weighted by atomic mass is 16.5. The molecule has 0 N–H and O–H groups in total.